The Labute approximate surface area is 120 Å². The molecular formula is C14H11Cl2NO2. The molecule has 0 unspecified atom stereocenters. The van der Waals surface area contributed by atoms with Gasteiger partial charge in [-0.25, -0.2) is 0 Å². The number of nitrogens with zero attached hydrogens (tertiary/aromatic N) is 1. The Morgan fingerprint density at radius 3 is 2.63 bits per heavy atom. The average molecular weight is 296 g/mol. The van der Waals surface area contributed by atoms with E-state index in [1.165, 1.54) is 10.6 Å². The van der Waals surface area contributed by atoms with Crippen molar-refractivity contribution in [3.05, 3.63) is 68.1 Å². The van der Waals surface area contributed by atoms with Crippen LogP contribution >= 0.6 is 23.2 Å². The van der Waals surface area contributed by atoms with Crippen molar-refractivity contribution < 1.29 is 4.79 Å². The van der Waals surface area contributed by atoms with Crippen LogP contribution in [-0.2, 0) is 6.54 Å². The van der Waals surface area contributed by atoms with Crippen LogP contribution in [0, 0.1) is 6.92 Å². The van der Waals surface area contributed by atoms with E-state index in [4.69, 9.17) is 23.2 Å². The fourth-order valence-electron chi connectivity index (χ4n) is 1.70. The molecule has 1 aromatic carbocycles. The lowest BCUT2D eigenvalue weighted by Crippen LogP contribution is -2.25. The highest BCUT2D eigenvalue weighted by Gasteiger charge is 2.10. The van der Waals surface area contributed by atoms with Crippen molar-refractivity contribution in [2.24, 2.45) is 0 Å². The summed E-state index contributed by atoms with van der Waals surface area (Å²) in [6, 6.07) is 8.11. The Hall–Kier alpha value is -1.58. The zero-order chi connectivity index (χ0) is 14.0. The fourth-order valence-corrected chi connectivity index (χ4v) is 1.99. The third-order valence-corrected chi connectivity index (χ3v) is 3.50. The molecule has 0 bridgehead atoms. The molecule has 0 N–H and O–H groups in total. The fraction of sp³-hybridized carbons (Fsp3) is 0.143. The topological polar surface area (TPSA) is 39.1 Å². The van der Waals surface area contributed by atoms with E-state index >= 15 is 0 Å². The molecule has 5 heteroatoms. The van der Waals surface area contributed by atoms with Crippen LogP contribution in [0.5, 0.6) is 0 Å². The Morgan fingerprint density at radius 1 is 1.21 bits per heavy atom. The van der Waals surface area contributed by atoms with Gasteiger partial charge in [-0.2, -0.15) is 0 Å². The van der Waals surface area contributed by atoms with Gasteiger partial charge >= 0.3 is 0 Å². The molecule has 3 nitrogen and oxygen atoms in total. The van der Waals surface area contributed by atoms with Crippen LogP contribution < -0.4 is 5.56 Å². The minimum Gasteiger partial charge on any atom is -0.308 e. The molecule has 0 radical (unpaired) electrons. The molecule has 0 fully saturated rings. The van der Waals surface area contributed by atoms with Crippen LogP contribution in [0.2, 0.25) is 10.0 Å². The highest BCUT2D eigenvalue weighted by Crippen LogP contribution is 2.22. The van der Waals surface area contributed by atoms with Gasteiger partial charge in [0.2, 0.25) is 0 Å². The molecule has 2 rings (SSSR count). The van der Waals surface area contributed by atoms with E-state index in [0.717, 1.165) is 0 Å². The molecule has 0 atom stereocenters. The van der Waals surface area contributed by atoms with Gasteiger partial charge in [0.1, 0.15) is 0 Å². The van der Waals surface area contributed by atoms with Crippen LogP contribution in [0.1, 0.15) is 15.9 Å². The van der Waals surface area contributed by atoms with Crippen molar-refractivity contribution >= 4 is 29.0 Å². The molecule has 1 aromatic heterocycles. The Balaban J connectivity index is 2.28. The summed E-state index contributed by atoms with van der Waals surface area (Å²) >= 11 is 11.7. The van der Waals surface area contributed by atoms with Crippen LogP contribution in [0.3, 0.4) is 0 Å². The van der Waals surface area contributed by atoms with Crippen molar-refractivity contribution in [2.75, 3.05) is 0 Å². The normalized spacial score (nSPS) is 10.5. The zero-order valence-corrected chi connectivity index (χ0v) is 11.7. The molecule has 0 aliphatic rings. The van der Waals surface area contributed by atoms with E-state index in [9.17, 15) is 9.59 Å². The lowest BCUT2D eigenvalue weighted by molar-refractivity contribution is 0.0971. The number of aryl methyl sites for hydroxylation is 1. The molecule has 0 spiro atoms. The quantitative estimate of drug-likeness (QED) is 0.815. The standard InChI is InChI=1S/C14H11Cl2NO2/c1-9-3-2-6-17(14(9)19)8-13(18)10-4-5-11(15)12(16)7-10/h2-7H,8H2,1H3. The van der Waals surface area contributed by atoms with Gasteiger partial charge in [0.15, 0.2) is 5.78 Å². The predicted octanol–water partition coefficient (Wildman–Crippen LogP) is 3.35. The Kier molecular flexibility index (Phi) is 4.08. The Morgan fingerprint density at radius 2 is 1.95 bits per heavy atom. The van der Waals surface area contributed by atoms with Crippen molar-refractivity contribution in [1.29, 1.82) is 0 Å². The third-order valence-electron chi connectivity index (χ3n) is 2.77. The maximum atomic E-state index is 12.1. The van der Waals surface area contributed by atoms with E-state index in [1.54, 1.807) is 37.4 Å². The van der Waals surface area contributed by atoms with Gasteiger partial charge in [0.05, 0.1) is 16.6 Å². The largest absolute Gasteiger partial charge is 0.308 e. The number of halogens is 2. The van der Waals surface area contributed by atoms with Gasteiger partial charge in [0, 0.05) is 17.3 Å². The lowest BCUT2D eigenvalue weighted by atomic mass is 10.1. The minimum absolute atomic E-state index is 0.0154. The van der Waals surface area contributed by atoms with Crippen molar-refractivity contribution in [2.45, 2.75) is 13.5 Å². The van der Waals surface area contributed by atoms with E-state index in [2.05, 4.69) is 0 Å². The monoisotopic (exact) mass is 295 g/mol. The molecule has 0 saturated carbocycles. The summed E-state index contributed by atoms with van der Waals surface area (Å²) in [6.07, 6.45) is 1.59. The number of rotatable bonds is 3. The van der Waals surface area contributed by atoms with Gasteiger partial charge in [-0.1, -0.05) is 29.3 Å². The highest BCUT2D eigenvalue weighted by atomic mass is 35.5. The first-order valence-electron chi connectivity index (χ1n) is 5.63. The molecule has 98 valence electrons. The Bertz CT molecular complexity index is 692. The van der Waals surface area contributed by atoms with Crippen LogP contribution in [-0.4, -0.2) is 10.4 Å². The summed E-state index contributed by atoms with van der Waals surface area (Å²) in [5, 5.41) is 0.718. The summed E-state index contributed by atoms with van der Waals surface area (Å²) in [5.74, 6) is -0.189. The SMILES string of the molecule is Cc1cccn(CC(=O)c2ccc(Cl)c(Cl)c2)c1=O. The second-order valence-electron chi connectivity index (χ2n) is 4.18. The first-order valence-corrected chi connectivity index (χ1v) is 6.39. The van der Waals surface area contributed by atoms with E-state index in [-0.39, 0.29) is 17.9 Å². The number of ketones is 1. The smallest absolute Gasteiger partial charge is 0.253 e. The second-order valence-corrected chi connectivity index (χ2v) is 4.99. The number of hydrogen-bond donors (Lipinski definition) is 0. The zero-order valence-electron chi connectivity index (χ0n) is 10.2. The number of benzene rings is 1. The summed E-state index contributed by atoms with van der Waals surface area (Å²) < 4.78 is 1.38. The number of carbonyl (C=O) groups is 1. The van der Waals surface area contributed by atoms with Gasteiger partial charge in [-0.3, -0.25) is 9.59 Å². The molecule has 0 aliphatic heterocycles. The molecule has 19 heavy (non-hydrogen) atoms. The number of pyridine rings is 1. The first kappa shape index (κ1) is 13.8. The maximum Gasteiger partial charge on any atom is 0.253 e. The third kappa shape index (κ3) is 3.06. The van der Waals surface area contributed by atoms with E-state index in [0.29, 0.717) is 21.2 Å². The summed E-state index contributed by atoms with van der Waals surface area (Å²) in [6.45, 7) is 1.70. The molecule has 0 amide bonds. The molecule has 0 saturated heterocycles. The van der Waals surface area contributed by atoms with Crippen molar-refractivity contribution in [3.63, 3.8) is 0 Å². The van der Waals surface area contributed by atoms with Crippen molar-refractivity contribution in [1.82, 2.24) is 4.57 Å². The van der Waals surface area contributed by atoms with Crippen LogP contribution in [0.4, 0.5) is 0 Å². The molecule has 0 aliphatic carbocycles. The second kappa shape index (κ2) is 5.59. The summed E-state index contributed by atoms with van der Waals surface area (Å²) in [5.41, 5.74) is 0.864. The summed E-state index contributed by atoms with van der Waals surface area (Å²) in [4.78, 5) is 23.9. The number of carbonyl (C=O) groups excluding carboxylic acids is 1. The van der Waals surface area contributed by atoms with Crippen LogP contribution in [0.25, 0.3) is 0 Å². The van der Waals surface area contributed by atoms with E-state index < -0.39 is 0 Å². The summed E-state index contributed by atoms with van der Waals surface area (Å²) in [7, 11) is 0. The minimum atomic E-state index is -0.189. The maximum absolute atomic E-state index is 12.1. The highest BCUT2D eigenvalue weighted by molar-refractivity contribution is 6.42. The van der Waals surface area contributed by atoms with Crippen molar-refractivity contribution in [3.8, 4) is 0 Å². The number of Topliss-reactive ketones (excluding diaryl/α,β-unsaturated/α-hetero) is 1. The molecular weight excluding hydrogens is 285 g/mol. The molecule has 2 aromatic rings. The van der Waals surface area contributed by atoms with Crippen LogP contribution in [0.15, 0.2) is 41.3 Å². The van der Waals surface area contributed by atoms with Gasteiger partial charge < -0.3 is 4.57 Å². The number of hydrogen-bond acceptors (Lipinski definition) is 2. The van der Waals surface area contributed by atoms with Gasteiger partial charge in [0.25, 0.3) is 5.56 Å². The van der Waals surface area contributed by atoms with Gasteiger partial charge in [-0.05, 0) is 31.2 Å². The van der Waals surface area contributed by atoms with Gasteiger partial charge in [-0.15, -0.1) is 0 Å². The lowest BCUT2D eigenvalue weighted by Gasteiger charge is -2.06. The first-order chi connectivity index (χ1) is 8.99. The average Bonchev–Trinajstić information content (AvgIpc) is 2.38. The van der Waals surface area contributed by atoms with E-state index in [1.807, 2.05) is 0 Å². The molecule has 1 heterocycles. The predicted molar refractivity (Wildman–Crippen MR) is 76.2 cm³/mol. The number of aromatic nitrogens is 1.